The number of piperidine rings is 1. The fourth-order valence-corrected chi connectivity index (χ4v) is 3.95. The van der Waals surface area contributed by atoms with E-state index >= 15 is 0 Å². The Hall–Kier alpha value is -2.08. The SMILES string of the molecule is COc1ccc(Nc2ncccc2C2C(Br)CCCN2C=O)cc1. The average Bonchev–Trinajstić information content (AvgIpc) is 2.63. The highest BCUT2D eigenvalue weighted by Crippen LogP contribution is 2.38. The van der Waals surface area contributed by atoms with E-state index in [4.69, 9.17) is 4.74 Å². The lowest BCUT2D eigenvalue weighted by Crippen LogP contribution is -2.38. The second-order valence-corrected chi connectivity index (χ2v) is 6.92. The monoisotopic (exact) mass is 389 g/mol. The molecule has 1 aromatic heterocycles. The van der Waals surface area contributed by atoms with Crippen LogP contribution in [0.2, 0.25) is 0 Å². The first kappa shape index (κ1) is 16.8. The number of nitrogens with one attached hydrogen (secondary N) is 1. The van der Waals surface area contributed by atoms with Crippen LogP contribution in [-0.2, 0) is 4.79 Å². The van der Waals surface area contributed by atoms with E-state index in [-0.39, 0.29) is 10.9 Å². The molecule has 126 valence electrons. The number of methoxy groups -OCH3 is 1. The molecule has 1 fully saturated rings. The number of amides is 1. The van der Waals surface area contributed by atoms with Crippen LogP contribution in [-0.4, -0.2) is 34.8 Å². The van der Waals surface area contributed by atoms with Crippen molar-refractivity contribution in [3.05, 3.63) is 48.2 Å². The molecule has 2 atom stereocenters. The number of alkyl halides is 1. The van der Waals surface area contributed by atoms with Crippen molar-refractivity contribution >= 4 is 33.8 Å². The van der Waals surface area contributed by atoms with Crippen molar-refractivity contribution in [3.63, 3.8) is 0 Å². The van der Waals surface area contributed by atoms with E-state index < -0.39 is 0 Å². The van der Waals surface area contributed by atoms with Crippen LogP contribution in [0.1, 0.15) is 24.4 Å². The number of ether oxygens (including phenoxy) is 1. The third-order valence-electron chi connectivity index (χ3n) is 4.24. The van der Waals surface area contributed by atoms with Crippen LogP contribution in [0.25, 0.3) is 0 Å². The maximum atomic E-state index is 11.5. The molecule has 1 N–H and O–H groups in total. The number of aromatic nitrogens is 1. The standard InChI is InChI=1S/C18H20BrN3O2/c1-24-14-8-6-13(7-9-14)21-18-15(4-2-10-20-18)17-16(19)5-3-11-22(17)12-23/h2,4,6-10,12,16-17H,3,5,11H2,1H3,(H,20,21). The Kier molecular flexibility index (Phi) is 5.35. The van der Waals surface area contributed by atoms with Crippen molar-refractivity contribution < 1.29 is 9.53 Å². The quantitative estimate of drug-likeness (QED) is 0.622. The van der Waals surface area contributed by atoms with Gasteiger partial charge in [-0.3, -0.25) is 4.79 Å². The van der Waals surface area contributed by atoms with Gasteiger partial charge in [-0.25, -0.2) is 4.98 Å². The predicted molar refractivity (Wildman–Crippen MR) is 98.0 cm³/mol. The molecule has 0 aliphatic carbocycles. The number of halogens is 1. The zero-order chi connectivity index (χ0) is 16.9. The second kappa shape index (κ2) is 7.66. The number of likely N-dealkylation sites (tertiary alicyclic amines) is 1. The average molecular weight is 390 g/mol. The number of hydrogen-bond acceptors (Lipinski definition) is 4. The minimum atomic E-state index is -0.0225. The van der Waals surface area contributed by atoms with Gasteiger partial charge >= 0.3 is 0 Å². The Balaban J connectivity index is 1.90. The molecular formula is C18H20BrN3O2. The highest BCUT2D eigenvalue weighted by molar-refractivity contribution is 9.09. The summed E-state index contributed by atoms with van der Waals surface area (Å²) in [6.07, 6.45) is 4.73. The van der Waals surface area contributed by atoms with Crippen LogP contribution in [0.5, 0.6) is 5.75 Å². The van der Waals surface area contributed by atoms with Gasteiger partial charge in [-0.05, 0) is 43.2 Å². The molecule has 24 heavy (non-hydrogen) atoms. The Morgan fingerprint density at radius 3 is 2.83 bits per heavy atom. The molecule has 0 saturated carbocycles. The van der Waals surface area contributed by atoms with E-state index in [0.29, 0.717) is 0 Å². The maximum absolute atomic E-state index is 11.5. The predicted octanol–water partition coefficient (Wildman–Crippen LogP) is 3.89. The van der Waals surface area contributed by atoms with Gasteiger partial charge in [0, 0.05) is 28.8 Å². The summed E-state index contributed by atoms with van der Waals surface area (Å²) in [5, 5.41) is 3.36. The summed E-state index contributed by atoms with van der Waals surface area (Å²) in [4.78, 5) is 18.0. The summed E-state index contributed by atoms with van der Waals surface area (Å²) in [6, 6.07) is 11.6. The molecule has 0 spiro atoms. The van der Waals surface area contributed by atoms with Gasteiger partial charge in [0.25, 0.3) is 0 Å². The van der Waals surface area contributed by atoms with Gasteiger partial charge in [0.15, 0.2) is 0 Å². The van der Waals surface area contributed by atoms with Gasteiger partial charge in [-0.2, -0.15) is 0 Å². The summed E-state index contributed by atoms with van der Waals surface area (Å²) in [5.74, 6) is 1.58. The molecule has 0 radical (unpaired) electrons. The number of anilines is 2. The summed E-state index contributed by atoms with van der Waals surface area (Å²) >= 11 is 3.74. The summed E-state index contributed by atoms with van der Waals surface area (Å²) in [5.41, 5.74) is 1.94. The first-order valence-electron chi connectivity index (χ1n) is 7.94. The molecule has 2 unspecified atom stereocenters. The van der Waals surface area contributed by atoms with E-state index in [0.717, 1.165) is 48.6 Å². The minimum absolute atomic E-state index is 0.0225. The molecule has 6 heteroatoms. The van der Waals surface area contributed by atoms with Crippen LogP contribution in [0, 0.1) is 0 Å². The molecule has 2 aromatic rings. The molecule has 2 heterocycles. The topological polar surface area (TPSA) is 54.5 Å². The number of nitrogens with zero attached hydrogens (tertiary/aromatic N) is 2. The summed E-state index contributed by atoms with van der Waals surface area (Å²) < 4.78 is 5.19. The van der Waals surface area contributed by atoms with Crippen LogP contribution >= 0.6 is 15.9 Å². The highest BCUT2D eigenvalue weighted by atomic mass is 79.9. The Bertz CT molecular complexity index is 693. The van der Waals surface area contributed by atoms with E-state index in [1.54, 1.807) is 13.3 Å². The number of benzene rings is 1. The van der Waals surface area contributed by atoms with Crippen molar-refractivity contribution in [2.75, 3.05) is 19.0 Å². The fourth-order valence-electron chi connectivity index (χ4n) is 3.04. The van der Waals surface area contributed by atoms with Gasteiger partial charge in [0.05, 0.1) is 13.2 Å². The lowest BCUT2D eigenvalue weighted by molar-refractivity contribution is -0.121. The zero-order valence-electron chi connectivity index (χ0n) is 13.5. The summed E-state index contributed by atoms with van der Waals surface area (Å²) in [6.45, 7) is 0.771. The van der Waals surface area contributed by atoms with Crippen molar-refractivity contribution in [2.45, 2.75) is 23.7 Å². The van der Waals surface area contributed by atoms with Crippen molar-refractivity contribution in [1.29, 1.82) is 0 Å². The van der Waals surface area contributed by atoms with Crippen molar-refractivity contribution in [3.8, 4) is 5.75 Å². The second-order valence-electron chi connectivity index (χ2n) is 5.74. The van der Waals surface area contributed by atoms with Gasteiger partial charge in [0.2, 0.25) is 6.41 Å². The van der Waals surface area contributed by atoms with Crippen LogP contribution in [0.3, 0.4) is 0 Å². The van der Waals surface area contributed by atoms with Crippen LogP contribution in [0.4, 0.5) is 11.5 Å². The van der Waals surface area contributed by atoms with Crippen molar-refractivity contribution in [1.82, 2.24) is 9.88 Å². The fraction of sp³-hybridized carbons (Fsp3) is 0.333. The molecule has 1 aliphatic heterocycles. The zero-order valence-corrected chi connectivity index (χ0v) is 15.1. The first-order chi connectivity index (χ1) is 11.7. The number of carbonyl (C=O) groups is 1. The molecule has 1 aliphatic rings. The van der Waals surface area contributed by atoms with Gasteiger partial charge in [-0.1, -0.05) is 22.0 Å². The number of pyridine rings is 1. The molecule has 1 amide bonds. The Morgan fingerprint density at radius 2 is 2.12 bits per heavy atom. The van der Waals surface area contributed by atoms with E-state index in [2.05, 4.69) is 26.2 Å². The molecule has 0 bridgehead atoms. The largest absolute Gasteiger partial charge is 0.497 e. The number of hydrogen-bond donors (Lipinski definition) is 1. The highest BCUT2D eigenvalue weighted by Gasteiger charge is 2.32. The lowest BCUT2D eigenvalue weighted by Gasteiger charge is -2.37. The molecular weight excluding hydrogens is 370 g/mol. The minimum Gasteiger partial charge on any atom is -0.497 e. The normalized spacial score (nSPS) is 20.5. The Labute approximate surface area is 150 Å². The molecule has 3 rings (SSSR count). The summed E-state index contributed by atoms with van der Waals surface area (Å²) in [7, 11) is 1.65. The van der Waals surface area contributed by atoms with E-state index in [1.807, 2.05) is 41.3 Å². The van der Waals surface area contributed by atoms with Crippen LogP contribution < -0.4 is 10.1 Å². The maximum Gasteiger partial charge on any atom is 0.210 e. The third-order valence-corrected chi connectivity index (χ3v) is 5.20. The molecule has 1 saturated heterocycles. The van der Waals surface area contributed by atoms with E-state index in [1.165, 1.54) is 0 Å². The first-order valence-corrected chi connectivity index (χ1v) is 8.85. The number of rotatable bonds is 5. The lowest BCUT2D eigenvalue weighted by atomic mass is 9.96. The Morgan fingerprint density at radius 1 is 1.33 bits per heavy atom. The van der Waals surface area contributed by atoms with Crippen LogP contribution in [0.15, 0.2) is 42.6 Å². The van der Waals surface area contributed by atoms with Crippen molar-refractivity contribution in [2.24, 2.45) is 0 Å². The van der Waals surface area contributed by atoms with E-state index in [9.17, 15) is 4.79 Å². The third kappa shape index (κ3) is 3.53. The number of carbonyl (C=O) groups excluding carboxylic acids is 1. The smallest absolute Gasteiger partial charge is 0.210 e. The molecule has 1 aromatic carbocycles. The molecule has 5 nitrogen and oxygen atoms in total. The van der Waals surface area contributed by atoms with Gasteiger partial charge < -0.3 is 15.0 Å². The van der Waals surface area contributed by atoms with Gasteiger partial charge in [0.1, 0.15) is 11.6 Å². The van der Waals surface area contributed by atoms with Gasteiger partial charge in [-0.15, -0.1) is 0 Å².